The van der Waals surface area contributed by atoms with Gasteiger partial charge in [-0.1, -0.05) is 35.5 Å². The third kappa shape index (κ3) is 4.65. The van der Waals surface area contributed by atoms with Crippen LogP contribution in [-0.2, 0) is 4.79 Å². The van der Waals surface area contributed by atoms with E-state index in [9.17, 15) is 4.79 Å². The first kappa shape index (κ1) is 20.0. The van der Waals surface area contributed by atoms with Crippen LogP contribution in [0.3, 0.4) is 0 Å². The van der Waals surface area contributed by atoms with Gasteiger partial charge in [0.2, 0.25) is 5.91 Å². The standard InChI is InChI=1S/C22H22ClN3O2S/c1-28-18-10-8-17(9-11-18)24-19(27)14-29-21-20(15-4-6-16(23)7-5-15)25-22(26-21)12-2-3-13-22/h4-11H,2-3,12-14H2,1H3,(H,24,27). The molecule has 150 valence electrons. The van der Waals surface area contributed by atoms with Gasteiger partial charge >= 0.3 is 0 Å². The first-order valence-corrected chi connectivity index (χ1v) is 11.0. The first-order chi connectivity index (χ1) is 14.1. The van der Waals surface area contributed by atoms with Crippen LogP contribution in [0.25, 0.3) is 0 Å². The number of benzene rings is 2. The minimum absolute atomic E-state index is 0.0781. The predicted octanol–water partition coefficient (Wildman–Crippen LogP) is 5.19. The average Bonchev–Trinajstić information content (AvgIpc) is 3.34. The molecule has 1 heterocycles. The molecule has 0 radical (unpaired) electrons. The van der Waals surface area contributed by atoms with Gasteiger partial charge in [-0.25, -0.2) is 4.99 Å². The Morgan fingerprint density at radius 1 is 1.10 bits per heavy atom. The second kappa shape index (κ2) is 8.59. The number of methoxy groups -OCH3 is 1. The van der Waals surface area contributed by atoms with Crippen LogP contribution in [0.5, 0.6) is 5.75 Å². The van der Waals surface area contributed by atoms with E-state index in [0.29, 0.717) is 5.02 Å². The molecule has 4 rings (SSSR count). The van der Waals surface area contributed by atoms with E-state index in [1.54, 1.807) is 7.11 Å². The number of nitrogens with zero attached hydrogens (tertiary/aromatic N) is 2. The van der Waals surface area contributed by atoms with Gasteiger partial charge in [0, 0.05) is 16.3 Å². The number of ether oxygens (including phenoxy) is 1. The highest BCUT2D eigenvalue weighted by molar-refractivity contribution is 8.16. The summed E-state index contributed by atoms with van der Waals surface area (Å²) >= 11 is 7.47. The lowest BCUT2D eigenvalue weighted by atomic mass is 10.1. The predicted molar refractivity (Wildman–Crippen MR) is 121 cm³/mol. The Balaban J connectivity index is 1.46. The zero-order valence-corrected chi connectivity index (χ0v) is 17.7. The van der Waals surface area contributed by atoms with Crippen molar-refractivity contribution < 1.29 is 9.53 Å². The van der Waals surface area contributed by atoms with E-state index in [4.69, 9.17) is 26.3 Å². The van der Waals surface area contributed by atoms with Gasteiger partial charge in [-0.15, -0.1) is 0 Å². The Kier molecular flexibility index (Phi) is 5.92. The zero-order chi connectivity index (χ0) is 20.3. The van der Waals surface area contributed by atoms with Gasteiger partial charge in [-0.05, 0) is 62.1 Å². The molecular weight excluding hydrogens is 406 g/mol. The summed E-state index contributed by atoms with van der Waals surface area (Å²) in [7, 11) is 1.61. The molecule has 1 N–H and O–H groups in total. The number of halogens is 1. The number of nitrogens with one attached hydrogen (secondary N) is 1. The Hall–Kier alpha value is -2.31. The quantitative estimate of drug-likeness (QED) is 0.713. The van der Waals surface area contributed by atoms with Gasteiger partial charge in [0.1, 0.15) is 10.8 Å². The van der Waals surface area contributed by atoms with Gasteiger partial charge in [-0.2, -0.15) is 0 Å². The summed E-state index contributed by atoms with van der Waals surface area (Å²) in [5, 5.41) is 4.43. The van der Waals surface area contributed by atoms with E-state index >= 15 is 0 Å². The molecule has 29 heavy (non-hydrogen) atoms. The summed E-state index contributed by atoms with van der Waals surface area (Å²) in [6.07, 6.45) is 4.20. The third-order valence-corrected chi connectivity index (χ3v) is 6.28. The largest absolute Gasteiger partial charge is 0.497 e. The molecule has 0 atom stereocenters. The molecule has 1 spiro atoms. The summed E-state index contributed by atoms with van der Waals surface area (Å²) in [6, 6.07) is 14.9. The number of carbonyl (C=O) groups excluding carboxylic acids is 1. The lowest BCUT2D eigenvalue weighted by molar-refractivity contribution is -0.113. The summed E-state index contributed by atoms with van der Waals surface area (Å²) in [5.41, 5.74) is 2.25. The van der Waals surface area contributed by atoms with Crippen LogP contribution < -0.4 is 10.1 Å². The van der Waals surface area contributed by atoms with Crippen LogP contribution in [-0.4, -0.2) is 35.2 Å². The fourth-order valence-electron chi connectivity index (χ4n) is 3.59. The van der Waals surface area contributed by atoms with Crippen molar-refractivity contribution in [1.29, 1.82) is 0 Å². The first-order valence-electron chi connectivity index (χ1n) is 9.60. The van der Waals surface area contributed by atoms with Crippen molar-refractivity contribution >= 4 is 45.7 Å². The highest BCUT2D eigenvalue weighted by atomic mass is 35.5. The van der Waals surface area contributed by atoms with E-state index in [2.05, 4.69) is 5.32 Å². The van der Waals surface area contributed by atoms with Gasteiger partial charge in [-0.3, -0.25) is 9.79 Å². The molecule has 1 amide bonds. The number of aliphatic imine (C=N–C) groups is 2. The lowest BCUT2D eigenvalue weighted by Crippen LogP contribution is -2.17. The molecule has 1 aliphatic heterocycles. The van der Waals surface area contributed by atoms with Gasteiger partial charge < -0.3 is 10.1 Å². The minimum atomic E-state index is -0.343. The number of carbonyl (C=O) groups is 1. The van der Waals surface area contributed by atoms with E-state index < -0.39 is 0 Å². The fourth-order valence-corrected chi connectivity index (χ4v) is 4.59. The monoisotopic (exact) mass is 427 g/mol. The fraction of sp³-hybridized carbons (Fsp3) is 0.318. The number of hydrogen-bond donors (Lipinski definition) is 1. The lowest BCUT2D eigenvalue weighted by Gasteiger charge is -2.14. The molecule has 0 aromatic heterocycles. The van der Waals surface area contributed by atoms with E-state index in [-0.39, 0.29) is 17.3 Å². The van der Waals surface area contributed by atoms with Gasteiger partial charge in [0.05, 0.1) is 18.6 Å². The molecule has 1 saturated carbocycles. The molecule has 2 aromatic rings. The van der Waals surface area contributed by atoms with Crippen molar-refractivity contribution in [3.8, 4) is 5.75 Å². The van der Waals surface area contributed by atoms with Crippen molar-refractivity contribution in [3.63, 3.8) is 0 Å². The van der Waals surface area contributed by atoms with Crippen molar-refractivity contribution in [3.05, 3.63) is 59.1 Å². The number of rotatable bonds is 5. The smallest absolute Gasteiger partial charge is 0.234 e. The summed E-state index contributed by atoms with van der Waals surface area (Å²) in [4.78, 5) is 22.4. The molecule has 1 fully saturated rings. The number of hydrogen-bond acceptors (Lipinski definition) is 5. The molecule has 0 bridgehead atoms. The van der Waals surface area contributed by atoms with Crippen molar-refractivity contribution in [2.75, 3.05) is 18.2 Å². The second-order valence-corrected chi connectivity index (χ2v) is 8.54. The summed E-state index contributed by atoms with van der Waals surface area (Å²) in [5.74, 6) is 0.946. The van der Waals surface area contributed by atoms with Gasteiger partial charge in [0.15, 0.2) is 5.66 Å². The maximum absolute atomic E-state index is 12.4. The zero-order valence-electron chi connectivity index (χ0n) is 16.2. The SMILES string of the molecule is COc1ccc(NC(=O)CSC2=NC3(CCCC3)N=C2c2ccc(Cl)cc2)cc1. The Morgan fingerprint density at radius 3 is 2.45 bits per heavy atom. The molecular formula is C22H22ClN3O2S. The van der Waals surface area contributed by atoms with Gasteiger partial charge in [0.25, 0.3) is 0 Å². The second-order valence-electron chi connectivity index (χ2n) is 7.14. The highest BCUT2D eigenvalue weighted by Crippen LogP contribution is 2.40. The Labute approximate surface area is 179 Å². The minimum Gasteiger partial charge on any atom is -0.497 e. The van der Waals surface area contributed by atoms with E-state index in [1.165, 1.54) is 11.8 Å². The molecule has 0 unspecified atom stereocenters. The molecule has 7 heteroatoms. The normalized spacial score (nSPS) is 17.2. The van der Waals surface area contributed by atoms with Crippen LogP contribution in [0, 0.1) is 0 Å². The number of amides is 1. The topological polar surface area (TPSA) is 63.0 Å². The maximum Gasteiger partial charge on any atom is 0.234 e. The van der Waals surface area contributed by atoms with Crippen molar-refractivity contribution in [2.45, 2.75) is 31.3 Å². The van der Waals surface area contributed by atoms with Crippen molar-refractivity contribution in [2.24, 2.45) is 9.98 Å². The van der Waals surface area contributed by atoms with E-state index in [1.807, 2.05) is 48.5 Å². The van der Waals surface area contributed by atoms with Crippen molar-refractivity contribution in [1.82, 2.24) is 0 Å². The highest BCUT2D eigenvalue weighted by Gasteiger charge is 2.39. The van der Waals surface area contributed by atoms with Crippen LogP contribution in [0.2, 0.25) is 5.02 Å². The summed E-state index contributed by atoms with van der Waals surface area (Å²) in [6.45, 7) is 0. The number of anilines is 1. The van der Waals surface area contributed by atoms with Crippen LogP contribution in [0.15, 0.2) is 58.5 Å². The average molecular weight is 428 g/mol. The molecule has 2 aromatic carbocycles. The van der Waals surface area contributed by atoms with Crippen LogP contribution in [0.4, 0.5) is 5.69 Å². The molecule has 2 aliphatic rings. The Morgan fingerprint density at radius 2 is 1.79 bits per heavy atom. The third-order valence-electron chi connectivity index (χ3n) is 5.07. The van der Waals surface area contributed by atoms with Crippen LogP contribution in [0.1, 0.15) is 31.2 Å². The maximum atomic E-state index is 12.4. The summed E-state index contributed by atoms with van der Waals surface area (Å²) < 4.78 is 5.14. The molecule has 1 aliphatic carbocycles. The Bertz CT molecular complexity index is 949. The van der Waals surface area contributed by atoms with E-state index in [0.717, 1.165) is 53.4 Å². The molecule has 0 saturated heterocycles. The number of thioether (sulfide) groups is 1. The van der Waals surface area contributed by atoms with Crippen LogP contribution >= 0.6 is 23.4 Å². The molecule has 5 nitrogen and oxygen atoms in total.